The number of amides is 2. The summed E-state index contributed by atoms with van der Waals surface area (Å²) in [6.07, 6.45) is 0.706. The highest BCUT2D eigenvalue weighted by molar-refractivity contribution is 5.95. The lowest BCUT2D eigenvalue weighted by molar-refractivity contribution is -0.117. The maximum absolute atomic E-state index is 12.1. The van der Waals surface area contributed by atoms with Gasteiger partial charge in [-0.15, -0.1) is 0 Å². The highest BCUT2D eigenvalue weighted by Gasteiger charge is 2.24. The normalized spacial score (nSPS) is 15.9. The summed E-state index contributed by atoms with van der Waals surface area (Å²) in [5.74, 6) is 1.10. The third-order valence-corrected chi connectivity index (χ3v) is 4.65. The fourth-order valence-electron chi connectivity index (χ4n) is 3.24. The first-order valence-electron chi connectivity index (χ1n) is 9.62. The van der Waals surface area contributed by atoms with E-state index in [0.29, 0.717) is 31.3 Å². The Kier molecular flexibility index (Phi) is 6.78. The number of pyridine rings is 1. The number of para-hydroxylation sites is 1. The first-order chi connectivity index (χ1) is 14.0. The predicted octanol–water partition coefficient (Wildman–Crippen LogP) is 2.01. The Bertz CT molecular complexity index is 912. The van der Waals surface area contributed by atoms with Crippen LogP contribution in [0.5, 0.6) is 0 Å². The number of nitrogens with one attached hydrogen (secondary N) is 4. The third-order valence-electron chi connectivity index (χ3n) is 4.65. The Morgan fingerprint density at radius 1 is 1.21 bits per heavy atom. The number of anilines is 2. The number of carbonyl (C=O) groups is 2. The minimum Gasteiger partial charge on any atom is -0.356 e. The van der Waals surface area contributed by atoms with Gasteiger partial charge in [0.25, 0.3) is 0 Å². The fraction of sp³-hybridized carbons (Fsp3) is 0.333. The molecule has 0 saturated heterocycles. The highest BCUT2D eigenvalue weighted by atomic mass is 16.2. The molecular formula is C21H26N6O2. The standard InChI is InChI=1S/C21H26N6O2/c1-14-6-5-9-18(25-14)27-19(28)10-11-23-21(22-2)24-13-15-12-20(29)26-17-8-4-3-7-16(15)17/h3-9,15H,10-13H2,1-2H3,(H,26,29)(H2,22,23,24)(H,25,27,28). The number of benzene rings is 1. The monoisotopic (exact) mass is 394 g/mol. The molecule has 1 aliphatic rings. The molecule has 2 aromatic rings. The van der Waals surface area contributed by atoms with Crippen molar-refractivity contribution in [2.24, 2.45) is 4.99 Å². The molecule has 2 amide bonds. The number of rotatable bonds is 6. The first-order valence-corrected chi connectivity index (χ1v) is 9.62. The molecule has 3 rings (SSSR count). The van der Waals surface area contributed by atoms with Gasteiger partial charge in [0.15, 0.2) is 5.96 Å². The van der Waals surface area contributed by atoms with Gasteiger partial charge >= 0.3 is 0 Å². The van der Waals surface area contributed by atoms with Gasteiger partial charge in [-0.05, 0) is 30.7 Å². The number of nitrogens with zero attached hydrogens (tertiary/aromatic N) is 2. The SMILES string of the molecule is CN=C(NCCC(=O)Nc1cccc(C)n1)NCC1CC(=O)Nc2ccccc21. The van der Waals surface area contributed by atoms with E-state index in [1.807, 2.05) is 43.3 Å². The van der Waals surface area contributed by atoms with E-state index < -0.39 is 0 Å². The third kappa shape index (κ3) is 5.78. The van der Waals surface area contributed by atoms with Gasteiger partial charge in [0.1, 0.15) is 5.82 Å². The van der Waals surface area contributed by atoms with Gasteiger partial charge in [0.2, 0.25) is 11.8 Å². The maximum Gasteiger partial charge on any atom is 0.227 e. The van der Waals surface area contributed by atoms with Crippen molar-refractivity contribution in [2.75, 3.05) is 30.8 Å². The molecule has 1 atom stereocenters. The van der Waals surface area contributed by atoms with Gasteiger partial charge in [-0.2, -0.15) is 0 Å². The summed E-state index contributed by atoms with van der Waals surface area (Å²) >= 11 is 0. The quantitative estimate of drug-likeness (QED) is 0.443. The molecule has 0 radical (unpaired) electrons. The molecule has 4 N–H and O–H groups in total. The summed E-state index contributed by atoms with van der Waals surface area (Å²) in [7, 11) is 1.67. The fourth-order valence-corrected chi connectivity index (χ4v) is 3.24. The van der Waals surface area contributed by atoms with Crippen LogP contribution in [0.15, 0.2) is 47.5 Å². The minimum absolute atomic E-state index is 0.0138. The molecule has 29 heavy (non-hydrogen) atoms. The summed E-state index contributed by atoms with van der Waals surface area (Å²) in [5.41, 5.74) is 2.82. The molecule has 0 spiro atoms. The summed E-state index contributed by atoms with van der Waals surface area (Å²) in [4.78, 5) is 32.5. The Morgan fingerprint density at radius 3 is 2.83 bits per heavy atom. The van der Waals surface area contributed by atoms with Crippen molar-refractivity contribution < 1.29 is 9.59 Å². The molecule has 0 fully saturated rings. The van der Waals surface area contributed by atoms with Crippen molar-refractivity contribution in [3.05, 3.63) is 53.7 Å². The largest absolute Gasteiger partial charge is 0.356 e. The number of aryl methyl sites for hydroxylation is 1. The second kappa shape index (κ2) is 9.68. The van der Waals surface area contributed by atoms with Crippen LogP contribution in [0.3, 0.4) is 0 Å². The van der Waals surface area contributed by atoms with E-state index in [2.05, 4.69) is 31.2 Å². The number of fused-ring (bicyclic) bond motifs is 1. The topological polar surface area (TPSA) is 108 Å². The van der Waals surface area contributed by atoms with Crippen molar-refractivity contribution in [1.82, 2.24) is 15.6 Å². The van der Waals surface area contributed by atoms with Crippen LogP contribution in [0.2, 0.25) is 0 Å². The van der Waals surface area contributed by atoms with E-state index in [4.69, 9.17) is 0 Å². The van der Waals surface area contributed by atoms with E-state index in [9.17, 15) is 9.59 Å². The maximum atomic E-state index is 12.1. The Morgan fingerprint density at radius 2 is 2.03 bits per heavy atom. The lowest BCUT2D eigenvalue weighted by Gasteiger charge is -2.26. The second-order valence-corrected chi connectivity index (χ2v) is 6.88. The van der Waals surface area contributed by atoms with Crippen LogP contribution in [0.25, 0.3) is 0 Å². The van der Waals surface area contributed by atoms with Gasteiger partial charge in [0.05, 0.1) is 0 Å². The summed E-state index contributed by atoms with van der Waals surface area (Å²) in [6, 6.07) is 13.3. The summed E-state index contributed by atoms with van der Waals surface area (Å²) in [6.45, 7) is 2.88. The molecule has 1 unspecified atom stereocenters. The molecular weight excluding hydrogens is 368 g/mol. The van der Waals surface area contributed by atoms with Crippen LogP contribution in [-0.4, -0.2) is 42.9 Å². The lowest BCUT2D eigenvalue weighted by atomic mass is 9.90. The van der Waals surface area contributed by atoms with Crippen LogP contribution in [0.1, 0.15) is 30.0 Å². The average molecular weight is 394 g/mol. The first kappa shape index (κ1) is 20.3. The van der Waals surface area contributed by atoms with Gasteiger partial charge in [0, 0.05) is 50.3 Å². The molecule has 2 heterocycles. The molecule has 8 nitrogen and oxygen atoms in total. The van der Waals surface area contributed by atoms with E-state index in [1.54, 1.807) is 13.1 Å². The molecule has 8 heteroatoms. The van der Waals surface area contributed by atoms with Crippen molar-refractivity contribution in [3.8, 4) is 0 Å². The number of aliphatic imine (C=N–C) groups is 1. The van der Waals surface area contributed by atoms with Crippen LogP contribution in [0, 0.1) is 6.92 Å². The van der Waals surface area contributed by atoms with E-state index in [0.717, 1.165) is 16.9 Å². The molecule has 152 valence electrons. The zero-order valence-electron chi connectivity index (χ0n) is 16.7. The van der Waals surface area contributed by atoms with Crippen molar-refractivity contribution >= 4 is 29.3 Å². The van der Waals surface area contributed by atoms with E-state index in [1.165, 1.54) is 0 Å². The highest BCUT2D eigenvalue weighted by Crippen LogP contribution is 2.31. The van der Waals surface area contributed by atoms with Crippen LogP contribution >= 0.6 is 0 Å². The Hall–Kier alpha value is -3.42. The van der Waals surface area contributed by atoms with Crippen LogP contribution < -0.4 is 21.3 Å². The Labute approximate surface area is 170 Å². The summed E-state index contributed by atoms with van der Waals surface area (Å²) < 4.78 is 0. The second-order valence-electron chi connectivity index (χ2n) is 6.88. The molecule has 1 aromatic heterocycles. The molecule has 1 aromatic carbocycles. The van der Waals surface area contributed by atoms with Gasteiger partial charge in [-0.3, -0.25) is 14.6 Å². The van der Waals surface area contributed by atoms with Gasteiger partial charge in [-0.1, -0.05) is 24.3 Å². The number of guanidine groups is 1. The summed E-state index contributed by atoms with van der Waals surface area (Å²) in [5, 5.41) is 12.1. The van der Waals surface area contributed by atoms with Crippen LogP contribution in [-0.2, 0) is 9.59 Å². The number of aromatic nitrogens is 1. The smallest absolute Gasteiger partial charge is 0.227 e. The van der Waals surface area contributed by atoms with E-state index >= 15 is 0 Å². The van der Waals surface area contributed by atoms with E-state index in [-0.39, 0.29) is 24.2 Å². The molecule has 0 bridgehead atoms. The number of hydrogen-bond donors (Lipinski definition) is 4. The zero-order valence-corrected chi connectivity index (χ0v) is 16.7. The molecule has 0 aliphatic carbocycles. The number of carbonyl (C=O) groups excluding carboxylic acids is 2. The van der Waals surface area contributed by atoms with Crippen LogP contribution in [0.4, 0.5) is 11.5 Å². The van der Waals surface area contributed by atoms with Crippen molar-refractivity contribution in [2.45, 2.75) is 25.7 Å². The number of hydrogen-bond acceptors (Lipinski definition) is 4. The van der Waals surface area contributed by atoms with Crippen molar-refractivity contribution in [1.29, 1.82) is 0 Å². The van der Waals surface area contributed by atoms with Crippen molar-refractivity contribution in [3.63, 3.8) is 0 Å². The predicted molar refractivity (Wildman–Crippen MR) is 114 cm³/mol. The zero-order chi connectivity index (χ0) is 20.6. The molecule has 1 aliphatic heterocycles. The Balaban J connectivity index is 1.45. The van der Waals surface area contributed by atoms with Gasteiger partial charge < -0.3 is 21.3 Å². The molecule has 0 saturated carbocycles. The van der Waals surface area contributed by atoms with Gasteiger partial charge in [-0.25, -0.2) is 4.98 Å². The average Bonchev–Trinajstić information content (AvgIpc) is 2.70. The minimum atomic E-state index is -0.121. The lowest BCUT2D eigenvalue weighted by Crippen LogP contribution is -2.41.